The lowest BCUT2D eigenvalue weighted by atomic mass is 9.43. The van der Waals surface area contributed by atoms with Gasteiger partial charge in [0.2, 0.25) is 5.91 Å². The molecule has 180 valence electrons. The number of hydrogen-bond donors (Lipinski definition) is 1. The third-order valence-corrected chi connectivity index (χ3v) is 10.5. The number of primary amides is 1. The highest BCUT2D eigenvalue weighted by Gasteiger charge is 2.61. The molecule has 1 amide bonds. The highest BCUT2D eigenvalue weighted by atomic mass is 32.2. The number of likely N-dealkylation sites (N-methyl/N-ethyl adjacent to an activating group) is 1. The van der Waals surface area contributed by atoms with Crippen molar-refractivity contribution in [2.45, 2.75) is 69.2 Å². The molecule has 33 heavy (non-hydrogen) atoms. The number of sulfonamides is 1. The third-order valence-electron chi connectivity index (χ3n) is 8.41. The number of Topliss-reactive ketones (excluding diaryl/α,β-unsaturated/α-hetero) is 1. The van der Waals surface area contributed by atoms with Crippen molar-refractivity contribution in [3.05, 3.63) is 34.4 Å². The Balaban J connectivity index is 1.61. The van der Waals surface area contributed by atoms with Gasteiger partial charge in [0.1, 0.15) is 0 Å². The summed E-state index contributed by atoms with van der Waals surface area (Å²) in [6.07, 6.45) is 5.06. The Morgan fingerprint density at radius 3 is 2.30 bits per heavy atom. The van der Waals surface area contributed by atoms with Crippen LogP contribution in [0.25, 0.3) is 0 Å². The van der Waals surface area contributed by atoms with Gasteiger partial charge in [-0.15, -0.1) is 0 Å². The molecule has 4 aliphatic rings. The average Bonchev–Trinajstić information content (AvgIpc) is 2.71. The number of nitro benzene ring substituents is 1. The van der Waals surface area contributed by atoms with E-state index in [-0.39, 0.29) is 23.5 Å². The quantitative estimate of drug-likeness (QED) is 0.451. The van der Waals surface area contributed by atoms with E-state index < -0.39 is 36.5 Å². The normalized spacial score (nSPS) is 31.0. The fourth-order valence-corrected chi connectivity index (χ4v) is 8.61. The lowest BCUT2D eigenvalue weighted by molar-refractivity contribution is -0.387. The smallest absolute Gasteiger partial charge is 0.289 e. The van der Waals surface area contributed by atoms with Crippen LogP contribution in [0.15, 0.2) is 29.2 Å². The number of para-hydroxylation sites is 1. The van der Waals surface area contributed by atoms with Gasteiger partial charge in [0.05, 0.1) is 15.9 Å². The molecule has 0 aliphatic heterocycles. The number of amides is 1. The van der Waals surface area contributed by atoms with Crippen LogP contribution >= 0.6 is 0 Å². The van der Waals surface area contributed by atoms with Crippen LogP contribution in [0.3, 0.4) is 0 Å². The number of benzene rings is 1. The number of nitrogens with zero attached hydrogens (tertiary/aromatic N) is 2. The van der Waals surface area contributed by atoms with Crippen LogP contribution in [-0.2, 0) is 19.6 Å². The predicted octanol–water partition coefficient (Wildman–Crippen LogP) is 3.03. The number of rotatable bonds is 8. The average molecular weight is 478 g/mol. The van der Waals surface area contributed by atoms with E-state index in [1.165, 1.54) is 39.1 Å². The Hall–Kier alpha value is -2.33. The maximum absolute atomic E-state index is 13.6. The van der Waals surface area contributed by atoms with Crippen LogP contribution in [0.1, 0.15) is 58.8 Å². The van der Waals surface area contributed by atoms with Crippen LogP contribution < -0.4 is 5.73 Å². The second kappa shape index (κ2) is 7.59. The van der Waals surface area contributed by atoms with Crippen molar-refractivity contribution >= 4 is 27.4 Å². The summed E-state index contributed by atoms with van der Waals surface area (Å²) in [5, 5.41) is 11.4. The summed E-state index contributed by atoms with van der Waals surface area (Å²) in [6, 6.07) is 5.13. The molecule has 4 aliphatic carbocycles. The van der Waals surface area contributed by atoms with E-state index in [2.05, 4.69) is 0 Å². The lowest BCUT2D eigenvalue weighted by Gasteiger charge is -2.61. The number of carbonyl (C=O) groups excluding carboxylic acids is 2. The minimum atomic E-state index is -4.31. The summed E-state index contributed by atoms with van der Waals surface area (Å²) in [5.41, 5.74) is 2.94. The molecule has 2 N–H and O–H groups in total. The molecule has 0 radical (unpaired) electrons. The van der Waals surface area contributed by atoms with E-state index in [1.807, 2.05) is 0 Å². The van der Waals surface area contributed by atoms with Gasteiger partial charge in [0.25, 0.3) is 15.7 Å². The van der Waals surface area contributed by atoms with Gasteiger partial charge in [-0.3, -0.25) is 19.7 Å². The van der Waals surface area contributed by atoms with Gasteiger partial charge >= 0.3 is 0 Å². The Bertz CT molecular complexity index is 1110. The first-order chi connectivity index (χ1) is 15.2. The number of nitro groups is 1. The number of hydrogen-bond acceptors (Lipinski definition) is 6. The van der Waals surface area contributed by atoms with Gasteiger partial charge in [-0.1, -0.05) is 12.1 Å². The van der Waals surface area contributed by atoms with Gasteiger partial charge in [0.15, 0.2) is 10.7 Å². The molecular weight excluding hydrogens is 446 g/mol. The first-order valence-corrected chi connectivity index (χ1v) is 12.7. The fourth-order valence-electron chi connectivity index (χ4n) is 6.95. The predicted molar refractivity (Wildman–Crippen MR) is 120 cm³/mol. The first-order valence-electron chi connectivity index (χ1n) is 11.3. The van der Waals surface area contributed by atoms with Crippen LogP contribution in [0.2, 0.25) is 0 Å². The van der Waals surface area contributed by atoms with Crippen molar-refractivity contribution in [3.8, 4) is 0 Å². The SMILES string of the molecule is CN(C(C)(C)C(=O)CC12CC3CC(C1)CC(C(N)=O)(C3)C2)S(=O)(=O)c1ccccc1[N+](=O)[O-]. The maximum Gasteiger partial charge on any atom is 0.289 e. The van der Waals surface area contributed by atoms with Crippen LogP contribution in [0.5, 0.6) is 0 Å². The summed E-state index contributed by atoms with van der Waals surface area (Å²) in [6.45, 7) is 3.07. The van der Waals surface area contributed by atoms with Crippen molar-refractivity contribution in [1.29, 1.82) is 0 Å². The zero-order chi connectivity index (χ0) is 24.4. The summed E-state index contributed by atoms with van der Waals surface area (Å²) < 4.78 is 27.6. The summed E-state index contributed by atoms with van der Waals surface area (Å²) in [4.78, 5) is 36.2. The summed E-state index contributed by atoms with van der Waals surface area (Å²) in [7, 11) is -3.03. The van der Waals surface area contributed by atoms with E-state index in [4.69, 9.17) is 5.73 Å². The van der Waals surface area contributed by atoms with Gasteiger partial charge in [-0.25, -0.2) is 8.42 Å². The molecule has 2 atom stereocenters. The Morgan fingerprint density at radius 2 is 1.76 bits per heavy atom. The Morgan fingerprint density at radius 1 is 1.18 bits per heavy atom. The highest BCUT2D eigenvalue weighted by Crippen LogP contribution is 2.66. The third kappa shape index (κ3) is 3.77. The molecular formula is C23H31N3O6S. The maximum atomic E-state index is 13.6. The van der Waals surface area contributed by atoms with E-state index in [1.54, 1.807) is 0 Å². The Kier molecular flexibility index (Phi) is 5.48. The van der Waals surface area contributed by atoms with Crippen molar-refractivity contribution in [3.63, 3.8) is 0 Å². The molecule has 2 unspecified atom stereocenters. The van der Waals surface area contributed by atoms with Crippen molar-refractivity contribution in [2.75, 3.05) is 7.05 Å². The Labute approximate surface area is 193 Å². The number of ketones is 1. The van der Waals surface area contributed by atoms with Gasteiger partial charge in [-0.05, 0) is 75.7 Å². The number of carbonyl (C=O) groups is 2. The molecule has 4 saturated carbocycles. The molecule has 0 heterocycles. The summed E-state index contributed by atoms with van der Waals surface area (Å²) in [5.74, 6) is 0.184. The van der Waals surface area contributed by atoms with Gasteiger partial charge in [-0.2, -0.15) is 4.31 Å². The molecule has 0 spiro atoms. The molecule has 0 aromatic heterocycles. The van der Waals surface area contributed by atoms with Crippen molar-refractivity contribution in [1.82, 2.24) is 4.31 Å². The molecule has 10 heteroatoms. The van der Waals surface area contributed by atoms with E-state index in [0.29, 0.717) is 18.3 Å². The monoisotopic (exact) mass is 477 g/mol. The second-order valence-corrected chi connectivity index (χ2v) is 12.9. The molecule has 9 nitrogen and oxygen atoms in total. The van der Waals surface area contributed by atoms with Gasteiger partial charge in [0, 0.05) is 19.5 Å². The van der Waals surface area contributed by atoms with Crippen molar-refractivity contribution in [2.24, 2.45) is 28.4 Å². The summed E-state index contributed by atoms with van der Waals surface area (Å²) >= 11 is 0. The standard InChI is InChI=1S/C23H31N3O6S/c1-21(2,25(3)33(31,32)18-7-5-4-6-17(18)26(29)30)19(27)13-22-9-15-8-16(10-22)12-23(11-15,14-22)20(24)28/h4-7,15-16H,8-14H2,1-3H3,(H2,24,28). The molecule has 0 saturated heterocycles. The molecule has 1 aromatic rings. The van der Waals surface area contributed by atoms with E-state index in [9.17, 15) is 28.1 Å². The highest BCUT2D eigenvalue weighted by molar-refractivity contribution is 7.89. The lowest BCUT2D eigenvalue weighted by Crippen LogP contribution is -2.59. The van der Waals surface area contributed by atoms with Gasteiger partial charge < -0.3 is 5.73 Å². The largest absolute Gasteiger partial charge is 0.369 e. The zero-order valence-corrected chi connectivity index (χ0v) is 20.1. The molecule has 4 bridgehead atoms. The first kappa shape index (κ1) is 23.8. The van der Waals surface area contributed by atoms with E-state index >= 15 is 0 Å². The zero-order valence-electron chi connectivity index (χ0n) is 19.2. The van der Waals surface area contributed by atoms with E-state index in [0.717, 1.165) is 42.5 Å². The molecule has 4 fully saturated rings. The van der Waals surface area contributed by atoms with Crippen molar-refractivity contribution < 1.29 is 22.9 Å². The fraction of sp³-hybridized carbons (Fsp3) is 0.652. The number of nitrogens with two attached hydrogens (primary N) is 1. The van der Waals surface area contributed by atoms with Crippen LogP contribution in [0.4, 0.5) is 5.69 Å². The van der Waals surface area contributed by atoms with Crippen LogP contribution in [-0.4, -0.2) is 41.9 Å². The minimum Gasteiger partial charge on any atom is -0.369 e. The van der Waals surface area contributed by atoms with Crippen LogP contribution in [0, 0.1) is 32.8 Å². The topological polar surface area (TPSA) is 141 Å². The second-order valence-electron chi connectivity index (χ2n) is 11.0. The molecule has 5 rings (SSSR count). The molecule has 1 aromatic carbocycles. The minimum absolute atomic E-state index is 0.165.